The van der Waals surface area contributed by atoms with E-state index in [0.717, 1.165) is 44.1 Å². The van der Waals surface area contributed by atoms with E-state index in [1.54, 1.807) is 50.2 Å². The zero-order chi connectivity index (χ0) is 46.0. The molecule has 12 heteroatoms. The van der Waals surface area contributed by atoms with E-state index in [1.165, 1.54) is 0 Å². The Labute approximate surface area is 380 Å². The third-order valence-electron chi connectivity index (χ3n) is 9.59. The minimum atomic E-state index is -1.37. The Morgan fingerprint density at radius 1 is 0.714 bits per heavy atom. The fraction of sp³-hybridized carbons (Fsp3) is 0.451. The molecule has 63 heavy (non-hydrogen) atoms. The second-order valence-electron chi connectivity index (χ2n) is 15.5. The molecule has 344 valence electrons. The van der Waals surface area contributed by atoms with Gasteiger partial charge in [-0.2, -0.15) is 0 Å². The van der Waals surface area contributed by atoms with E-state index < -0.39 is 29.4 Å². The van der Waals surface area contributed by atoms with Gasteiger partial charge in [0.1, 0.15) is 11.8 Å². The van der Waals surface area contributed by atoms with Gasteiger partial charge in [0.05, 0.1) is 19.8 Å². The van der Waals surface area contributed by atoms with Crippen LogP contribution in [0.15, 0.2) is 121 Å². The number of nitrogens with one attached hydrogen (secondary N) is 3. The first-order valence-electron chi connectivity index (χ1n) is 22.2. The molecule has 0 heterocycles. The van der Waals surface area contributed by atoms with Crippen molar-refractivity contribution in [3.8, 4) is 5.75 Å². The topological polar surface area (TPSA) is 163 Å². The standard InChI is InChI=1S/C51H70ClN3O8/c1-4-5-6-7-8-9-10-11-12-13-14-15-16-17-18-19-20-21-22-26-47(58)53-36-24-23-25-46(49(60)62-40-42(38-56)39-57)55-50(61)51(2,3)63-45-33-27-41(28-34-45)35-37-54-48(59)43-29-31-44(52)32-30-43/h5-6,8-9,11-12,14-15,17-18,20-21,27-34,42,46,56-57H,4,7,10,13,16,19,22-26,35-40H2,1-3H3,(H,53,58)(H,54,59)(H,55,61)/b6-5-,9-8-,12-11-,15-14-,18-17-,21-20-. The molecule has 1 atom stereocenters. The number of amides is 3. The summed E-state index contributed by atoms with van der Waals surface area (Å²) in [6.07, 6.45) is 34.3. The summed E-state index contributed by atoms with van der Waals surface area (Å²) in [5.41, 5.74) is 0.0999. The van der Waals surface area contributed by atoms with Crippen molar-refractivity contribution in [1.29, 1.82) is 0 Å². The summed E-state index contributed by atoms with van der Waals surface area (Å²) >= 11 is 5.90. The first-order valence-corrected chi connectivity index (χ1v) is 22.5. The SMILES string of the molecule is CC/C=C\C/C=C\C/C=C\C/C=C\C/C=C\C/C=C\CCC(=O)NCCCCC(NC(=O)C(C)(C)Oc1ccc(CCNC(=O)c2ccc(Cl)cc2)cc1)C(=O)OCC(CO)CO. The van der Waals surface area contributed by atoms with Crippen LogP contribution in [0.2, 0.25) is 5.02 Å². The van der Waals surface area contributed by atoms with Crippen LogP contribution < -0.4 is 20.7 Å². The predicted molar refractivity (Wildman–Crippen MR) is 254 cm³/mol. The molecule has 2 aromatic rings. The highest BCUT2D eigenvalue weighted by atomic mass is 35.5. The number of hydrogen-bond donors (Lipinski definition) is 5. The van der Waals surface area contributed by atoms with Crippen molar-refractivity contribution < 1.29 is 38.9 Å². The quantitative estimate of drug-likeness (QED) is 0.0277. The van der Waals surface area contributed by atoms with Crippen LogP contribution in [-0.2, 0) is 25.5 Å². The molecule has 3 amide bonds. The molecule has 0 aliphatic heterocycles. The van der Waals surface area contributed by atoms with Gasteiger partial charge in [0.25, 0.3) is 11.8 Å². The average Bonchev–Trinajstić information content (AvgIpc) is 3.27. The number of ether oxygens (including phenoxy) is 2. The fourth-order valence-corrected chi connectivity index (χ4v) is 5.90. The number of aliphatic hydroxyl groups excluding tert-OH is 2. The van der Waals surface area contributed by atoms with Gasteiger partial charge in [-0.25, -0.2) is 4.79 Å². The number of halogens is 1. The molecule has 0 saturated heterocycles. The third-order valence-corrected chi connectivity index (χ3v) is 9.84. The largest absolute Gasteiger partial charge is 0.478 e. The van der Waals surface area contributed by atoms with Gasteiger partial charge in [0.2, 0.25) is 5.91 Å². The summed E-state index contributed by atoms with van der Waals surface area (Å²) in [5, 5.41) is 28.0. The fourth-order valence-electron chi connectivity index (χ4n) is 5.78. The van der Waals surface area contributed by atoms with E-state index in [4.69, 9.17) is 21.1 Å². The first kappa shape index (κ1) is 53.9. The van der Waals surface area contributed by atoms with Crippen LogP contribution in [0, 0.1) is 5.92 Å². The van der Waals surface area contributed by atoms with Gasteiger partial charge in [-0.15, -0.1) is 0 Å². The van der Waals surface area contributed by atoms with Crippen molar-refractivity contribution in [2.24, 2.45) is 5.92 Å². The van der Waals surface area contributed by atoms with Gasteiger partial charge >= 0.3 is 5.97 Å². The molecule has 2 aromatic carbocycles. The number of unbranched alkanes of at least 4 members (excludes halogenated alkanes) is 1. The Hall–Kier alpha value is -5.23. The number of esters is 1. The summed E-state index contributed by atoms with van der Waals surface area (Å²) in [4.78, 5) is 51.4. The van der Waals surface area contributed by atoms with E-state index in [-0.39, 0.29) is 38.1 Å². The highest BCUT2D eigenvalue weighted by Gasteiger charge is 2.34. The number of carbonyl (C=O) groups excluding carboxylic acids is 4. The zero-order valence-corrected chi connectivity index (χ0v) is 38.2. The van der Waals surface area contributed by atoms with Crippen molar-refractivity contribution in [2.75, 3.05) is 32.9 Å². The van der Waals surface area contributed by atoms with E-state index in [1.807, 2.05) is 18.2 Å². The highest BCUT2D eigenvalue weighted by Crippen LogP contribution is 2.20. The molecule has 11 nitrogen and oxygen atoms in total. The van der Waals surface area contributed by atoms with E-state index in [2.05, 4.69) is 89.7 Å². The third kappa shape index (κ3) is 25.5. The Bertz CT molecular complexity index is 1800. The lowest BCUT2D eigenvalue weighted by molar-refractivity contribution is -0.152. The normalized spacial score (nSPS) is 12.7. The lowest BCUT2D eigenvalue weighted by Gasteiger charge is -2.28. The molecule has 0 fully saturated rings. The van der Waals surface area contributed by atoms with Crippen molar-refractivity contribution in [2.45, 2.75) is 109 Å². The minimum Gasteiger partial charge on any atom is -0.478 e. The van der Waals surface area contributed by atoms with Crippen molar-refractivity contribution in [3.63, 3.8) is 0 Å². The van der Waals surface area contributed by atoms with Gasteiger partial charge in [-0.1, -0.05) is 104 Å². The van der Waals surface area contributed by atoms with Crippen LogP contribution in [-0.4, -0.2) is 78.5 Å². The number of hydrogen-bond acceptors (Lipinski definition) is 8. The number of aliphatic hydroxyl groups is 2. The Morgan fingerprint density at radius 3 is 1.83 bits per heavy atom. The summed E-state index contributed by atoms with van der Waals surface area (Å²) in [6.45, 7) is 5.22. The number of carbonyl (C=O) groups is 4. The Balaban J connectivity index is 1.73. The Kier molecular flexibility index (Phi) is 28.5. The van der Waals surface area contributed by atoms with E-state index in [9.17, 15) is 29.4 Å². The van der Waals surface area contributed by atoms with Crippen LogP contribution in [0.3, 0.4) is 0 Å². The van der Waals surface area contributed by atoms with Crippen molar-refractivity contribution in [3.05, 3.63) is 138 Å². The monoisotopic (exact) mass is 887 g/mol. The second-order valence-corrected chi connectivity index (χ2v) is 15.9. The van der Waals surface area contributed by atoms with Crippen LogP contribution in [0.1, 0.15) is 107 Å². The second kappa shape index (κ2) is 33.3. The van der Waals surface area contributed by atoms with E-state index >= 15 is 0 Å². The number of benzene rings is 2. The molecule has 0 aliphatic rings. The molecule has 2 rings (SSSR count). The highest BCUT2D eigenvalue weighted by molar-refractivity contribution is 6.30. The van der Waals surface area contributed by atoms with Crippen LogP contribution in [0.5, 0.6) is 5.75 Å². The summed E-state index contributed by atoms with van der Waals surface area (Å²) in [7, 11) is 0. The maximum atomic E-state index is 13.5. The molecule has 0 saturated carbocycles. The smallest absolute Gasteiger partial charge is 0.328 e. The average molecular weight is 889 g/mol. The molecule has 5 N–H and O–H groups in total. The predicted octanol–water partition coefficient (Wildman–Crippen LogP) is 8.86. The van der Waals surface area contributed by atoms with Gasteiger partial charge in [-0.05, 0) is 126 Å². The van der Waals surface area contributed by atoms with Gasteiger partial charge in [0.15, 0.2) is 5.60 Å². The van der Waals surface area contributed by atoms with Crippen molar-refractivity contribution >= 4 is 35.3 Å². The van der Waals surface area contributed by atoms with Crippen LogP contribution in [0.25, 0.3) is 0 Å². The van der Waals surface area contributed by atoms with Gasteiger partial charge < -0.3 is 35.6 Å². The molecule has 0 bridgehead atoms. The van der Waals surface area contributed by atoms with Gasteiger partial charge in [-0.3, -0.25) is 14.4 Å². The molecule has 1 unspecified atom stereocenters. The molecular formula is C51H70ClN3O8. The Morgan fingerprint density at radius 2 is 1.27 bits per heavy atom. The maximum absolute atomic E-state index is 13.5. The minimum absolute atomic E-state index is 0.0642. The van der Waals surface area contributed by atoms with Gasteiger partial charge in [0, 0.05) is 36.0 Å². The summed E-state index contributed by atoms with van der Waals surface area (Å²) < 4.78 is 11.4. The molecule has 0 radical (unpaired) electrons. The molecule has 0 spiro atoms. The number of allylic oxidation sites excluding steroid dienone is 12. The molecule has 0 aromatic heterocycles. The van der Waals surface area contributed by atoms with Crippen molar-refractivity contribution in [1.82, 2.24) is 16.0 Å². The lowest BCUT2D eigenvalue weighted by atomic mass is 10.0. The molecular weight excluding hydrogens is 818 g/mol. The molecule has 0 aliphatic carbocycles. The van der Waals surface area contributed by atoms with Crippen LogP contribution in [0.4, 0.5) is 0 Å². The van der Waals surface area contributed by atoms with Crippen LogP contribution >= 0.6 is 11.6 Å². The van der Waals surface area contributed by atoms with E-state index in [0.29, 0.717) is 61.5 Å². The summed E-state index contributed by atoms with van der Waals surface area (Å²) in [5.74, 6) is -1.70. The zero-order valence-electron chi connectivity index (χ0n) is 37.4. The lowest BCUT2D eigenvalue weighted by Crippen LogP contribution is -2.52. The maximum Gasteiger partial charge on any atom is 0.328 e. The first-order chi connectivity index (χ1) is 30.5. The number of rotatable bonds is 32. The summed E-state index contributed by atoms with van der Waals surface area (Å²) in [6, 6.07) is 12.8.